The first-order valence-electron chi connectivity index (χ1n) is 6.40. The van der Waals surface area contributed by atoms with Crippen molar-refractivity contribution in [2.45, 2.75) is 25.0 Å². The molecule has 0 radical (unpaired) electrons. The molecule has 1 fully saturated rings. The van der Waals surface area contributed by atoms with Gasteiger partial charge in [0.15, 0.2) is 0 Å². The number of thiazole rings is 1. The molecule has 0 amide bonds. The minimum absolute atomic E-state index is 0. The van der Waals surface area contributed by atoms with Gasteiger partial charge in [-0.25, -0.2) is 4.98 Å². The third kappa shape index (κ3) is 3.12. The van der Waals surface area contributed by atoms with Crippen molar-refractivity contribution in [3.63, 3.8) is 0 Å². The first kappa shape index (κ1) is 15.3. The Kier molecular flexibility index (Phi) is 4.99. The lowest BCUT2D eigenvalue weighted by Gasteiger charge is -2.09. The Morgan fingerprint density at radius 2 is 2.25 bits per heavy atom. The minimum Gasteiger partial charge on any atom is -0.508 e. The van der Waals surface area contributed by atoms with Gasteiger partial charge in [0.05, 0.1) is 11.7 Å². The van der Waals surface area contributed by atoms with Gasteiger partial charge in [0.25, 0.3) is 0 Å². The maximum Gasteiger partial charge on any atom is 0.122 e. The maximum atomic E-state index is 10.3. The molecule has 0 aliphatic carbocycles. The van der Waals surface area contributed by atoms with E-state index >= 15 is 0 Å². The number of hydrogen-bond donors (Lipinski definition) is 3. The summed E-state index contributed by atoms with van der Waals surface area (Å²) < 4.78 is 0. The molecule has 2 aromatic rings. The molecule has 0 saturated carbocycles. The minimum atomic E-state index is -0.779. The Morgan fingerprint density at radius 1 is 1.40 bits per heavy atom. The number of hydrogen-bond acceptors (Lipinski definition) is 5. The number of aromatic nitrogens is 1. The van der Waals surface area contributed by atoms with Crippen LogP contribution in [0.15, 0.2) is 29.6 Å². The summed E-state index contributed by atoms with van der Waals surface area (Å²) in [5.74, 6) is 0.157. The van der Waals surface area contributed by atoms with Crippen molar-refractivity contribution in [2.24, 2.45) is 0 Å². The highest BCUT2D eigenvalue weighted by Gasteiger charge is 2.21. The van der Waals surface area contributed by atoms with Crippen molar-refractivity contribution in [3.05, 3.63) is 45.9 Å². The second-order valence-electron chi connectivity index (χ2n) is 4.76. The van der Waals surface area contributed by atoms with Crippen LogP contribution in [0.4, 0.5) is 0 Å². The van der Waals surface area contributed by atoms with Gasteiger partial charge in [0.1, 0.15) is 16.9 Å². The molecule has 108 valence electrons. The predicted octanol–water partition coefficient (Wildman–Crippen LogP) is 2.78. The molecular weight excluding hydrogens is 296 g/mol. The molecule has 20 heavy (non-hydrogen) atoms. The topological polar surface area (TPSA) is 65.4 Å². The first-order valence-corrected chi connectivity index (χ1v) is 7.28. The van der Waals surface area contributed by atoms with Crippen molar-refractivity contribution in [1.82, 2.24) is 10.3 Å². The van der Waals surface area contributed by atoms with Gasteiger partial charge in [-0.2, -0.15) is 0 Å². The van der Waals surface area contributed by atoms with Crippen LogP contribution in [-0.2, 0) is 0 Å². The lowest BCUT2D eigenvalue weighted by Crippen LogP contribution is -2.12. The van der Waals surface area contributed by atoms with E-state index in [1.165, 1.54) is 6.42 Å². The molecule has 1 aliphatic heterocycles. The summed E-state index contributed by atoms with van der Waals surface area (Å²) in [5.41, 5.74) is 1.32. The summed E-state index contributed by atoms with van der Waals surface area (Å²) in [6.07, 6.45) is 1.50. The summed E-state index contributed by atoms with van der Waals surface area (Å²) >= 11 is 1.58. The molecule has 0 bridgehead atoms. The molecule has 1 aliphatic rings. The molecule has 1 saturated heterocycles. The lowest BCUT2D eigenvalue weighted by molar-refractivity contribution is 0.215. The van der Waals surface area contributed by atoms with Crippen molar-refractivity contribution in [2.75, 3.05) is 6.54 Å². The van der Waals surface area contributed by atoms with Crippen molar-refractivity contribution >= 4 is 23.7 Å². The molecule has 0 spiro atoms. The molecule has 6 heteroatoms. The van der Waals surface area contributed by atoms with Gasteiger partial charge in [0.2, 0.25) is 0 Å². The van der Waals surface area contributed by atoms with Crippen LogP contribution in [0.3, 0.4) is 0 Å². The number of aliphatic hydroxyl groups is 1. The highest BCUT2D eigenvalue weighted by molar-refractivity contribution is 7.09. The van der Waals surface area contributed by atoms with E-state index in [0.29, 0.717) is 17.3 Å². The number of rotatable bonds is 3. The highest BCUT2D eigenvalue weighted by Crippen LogP contribution is 2.30. The van der Waals surface area contributed by atoms with E-state index in [2.05, 4.69) is 10.3 Å². The molecule has 4 nitrogen and oxygen atoms in total. The normalized spacial score (nSPS) is 19.6. The van der Waals surface area contributed by atoms with Crippen LogP contribution in [0.1, 0.15) is 41.3 Å². The number of nitrogens with one attached hydrogen (secondary N) is 1. The largest absolute Gasteiger partial charge is 0.508 e. The summed E-state index contributed by atoms with van der Waals surface area (Å²) in [7, 11) is 0. The summed E-state index contributed by atoms with van der Waals surface area (Å²) in [5, 5.41) is 26.1. The number of aliphatic hydroxyl groups excluding tert-OH is 1. The third-order valence-electron chi connectivity index (χ3n) is 3.36. The number of halogens is 1. The van der Waals surface area contributed by atoms with Crippen LogP contribution in [-0.4, -0.2) is 21.7 Å². The van der Waals surface area contributed by atoms with Gasteiger partial charge in [-0.1, -0.05) is 12.1 Å². The van der Waals surface area contributed by atoms with Gasteiger partial charge in [-0.3, -0.25) is 0 Å². The fraction of sp³-hybridized carbons (Fsp3) is 0.357. The number of phenols is 1. The second kappa shape index (κ2) is 6.54. The summed E-state index contributed by atoms with van der Waals surface area (Å²) in [6.45, 7) is 1.04. The first-order chi connectivity index (χ1) is 9.24. The van der Waals surface area contributed by atoms with E-state index in [0.717, 1.165) is 18.0 Å². The average Bonchev–Trinajstić information content (AvgIpc) is 3.08. The van der Waals surface area contributed by atoms with Crippen molar-refractivity contribution < 1.29 is 10.2 Å². The van der Waals surface area contributed by atoms with E-state index in [4.69, 9.17) is 0 Å². The number of aromatic hydroxyl groups is 1. The highest BCUT2D eigenvalue weighted by atomic mass is 35.5. The van der Waals surface area contributed by atoms with E-state index in [1.54, 1.807) is 35.6 Å². The molecule has 1 aromatic carbocycles. The smallest absolute Gasteiger partial charge is 0.122 e. The zero-order chi connectivity index (χ0) is 13.2. The molecule has 1 unspecified atom stereocenters. The Balaban J connectivity index is 0.00000147. The molecule has 3 N–H and O–H groups in total. The Morgan fingerprint density at radius 3 is 2.95 bits per heavy atom. The zero-order valence-electron chi connectivity index (χ0n) is 10.8. The monoisotopic (exact) mass is 312 g/mol. The van der Waals surface area contributed by atoms with Crippen LogP contribution in [0.2, 0.25) is 0 Å². The zero-order valence-corrected chi connectivity index (χ0v) is 12.5. The van der Waals surface area contributed by atoms with Gasteiger partial charge in [0, 0.05) is 5.38 Å². The fourth-order valence-electron chi connectivity index (χ4n) is 2.35. The van der Waals surface area contributed by atoms with Crippen LogP contribution in [0.25, 0.3) is 0 Å². The molecule has 2 heterocycles. The van der Waals surface area contributed by atoms with Crippen LogP contribution in [0, 0.1) is 0 Å². The average molecular weight is 313 g/mol. The number of phenolic OH excluding ortho intramolecular Hbond substituents is 1. The van der Waals surface area contributed by atoms with E-state index in [1.807, 2.05) is 5.38 Å². The van der Waals surface area contributed by atoms with Crippen molar-refractivity contribution in [3.8, 4) is 5.75 Å². The van der Waals surface area contributed by atoms with E-state index in [-0.39, 0.29) is 18.2 Å². The Bertz CT molecular complexity index is 570. The lowest BCUT2D eigenvalue weighted by atomic mass is 10.1. The standard InChI is InChI=1S/C14H16N2O2S.ClH/c17-10-4-1-3-9(7-10)13(18)12-8-19-14(16-12)11-5-2-6-15-11;/h1,3-4,7-8,11,13,15,17-18H,2,5-6H2;1H/t11?,13-;/m0./s1. The van der Waals surface area contributed by atoms with E-state index < -0.39 is 6.10 Å². The molecule has 1 aromatic heterocycles. The molecular formula is C14H17ClN2O2S. The quantitative estimate of drug-likeness (QED) is 0.815. The van der Waals surface area contributed by atoms with Crippen LogP contribution >= 0.6 is 23.7 Å². The SMILES string of the molecule is Cl.Oc1cccc([C@H](O)c2csc(C3CCCN3)n2)c1. The summed E-state index contributed by atoms with van der Waals surface area (Å²) in [6, 6.07) is 7.00. The van der Waals surface area contributed by atoms with Gasteiger partial charge >= 0.3 is 0 Å². The molecule has 2 atom stereocenters. The van der Waals surface area contributed by atoms with E-state index in [9.17, 15) is 10.2 Å². The Labute approximate surface area is 127 Å². The van der Waals surface area contributed by atoms with Crippen LogP contribution in [0.5, 0.6) is 5.75 Å². The third-order valence-corrected chi connectivity index (χ3v) is 4.34. The van der Waals surface area contributed by atoms with Gasteiger partial charge in [-0.15, -0.1) is 23.7 Å². The van der Waals surface area contributed by atoms with Crippen molar-refractivity contribution in [1.29, 1.82) is 0 Å². The molecule has 3 rings (SSSR count). The second-order valence-corrected chi connectivity index (χ2v) is 5.65. The number of nitrogens with zero attached hydrogens (tertiary/aromatic N) is 1. The van der Waals surface area contributed by atoms with Gasteiger partial charge < -0.3 is 15.5 Å². The maximum absolute atomic E-state index is 10.3. The number of benzene rings is 1. The summed E-state index contributed by atoms with van der Waals surface area (Å²) in [4.78, 5) is 4.52. The van der Waals surface area contributed by atoms with Gasteiger partial charge in [-0.05, 0) is 37.1 Å². The Hall–Kier alpha value is -1.14. The fourth-order valence-corrected chi connectivity index (χ4v) is 3.29. The van der Waals surface area contributed by atoms with Crippen LogP contribution < -0.4 is 5.32 Å². The predicted molar refractivity (Wildman–Crippen MR) is 81.5 cm³/mol.